The van der Waals surface area contributed by atoms with Gasteiger partial charge in [0, 0.05) is 19.4 Å². The Kier molecular flexibility index (Phi) is 8.09. The number of rotatable bonds is 9. The van der Waals surface area contributed by atoms with Crippen molar-refractivity contribution in [1.29, 1.82) is 0 Å². The van der Waals surface area contributed by atoms with Crippen LogP contribution in [0.5, 0.6) is 0 Å². The molecule has 2 rings (SSSR count). The molecule has 5 nitrogen and oxygen atoms in total. The maximum atomic E-state index is 12.2. The summed E-state index contributed by atoms with van der Waals surface area (Å²) in [5.74, 6) is 2.34. The number of likely N-dealkylation sites (tertiary alicyclic amines) is 1. The Morgan fingerprint density at radius 3 is 2.85 bits per heavy atom. The summed E-state index contributed by atoms with van der Waals surface area (Å²) < 4.78 is 4.69. The summed E-state index contributed by atoms with van der Waals surface area (Å²) in [7, 11) is 1.36. The second-order valence-electron chi connectivity index (χ2n) is 6.68. The Morgan fingerprint density at radius 2 is 2.19 bits per heavy atom. The number of unbranched alkanes of at least 4 members (excludes halogenated alkanes) is 1. The van der Waals surface area contributed by atoms with Crippen molar-refractivity contribution < 1.29 is 19.4 Å². The standard InChI is InChI=1S/C22H27NO4/c1-3-4-5-6-20(24)13-11-19-12-14-21(25)23(19)16-15-17-7-9-18(10-8-17)22(26)27-2/h1,7-11,13,19-20,24H,4-6,12,14-16H2,2H3/t19-,20-/m0/s1. The summed E-state index contributed by atoms with van der Waals surface area (Å²) in [4.78, 5) is 25.5. The third kappa shape index (κ3) is 6.26. The molecule has 1 aliphatic heterocycles. The van der Waals surface area contributed by atoms with Crippen LogP contribution in [-0.2, 0) is 16.0 Å². The minimum atomic E-state index is -0.526. The molecule has 1 fully saturated rings. The van der Waals surface area contributed by atoms with Crippen molar-refractivity contribution in [2.45, 2.75) is 50.7 Å². The molecule has 144 valence electrons. The van der Waals surface area contributed by atoms with Gasteiger partial charge in [-0.15, -0.1) is 12.3 Å². The van der Waals surface area contributed by atoms with Crippen LogP contribution in [0.15, 0.2) is 36.4 Å². The van der Waals surface area contributed by atoms with Gasteiger partial charge in [-0.3, -0.25) is 4.79 Å². The number of methoxy groups -OCH3 is 1. The summed E-state index contributed by atoms with van der Waals surface area (Å²) in [6, 6.07) is 7.25. The molecule has 0 radical (unpaired) electrons. The lowest BCUT2D eigenvalue weighted by Gasteiger charge is -2.22. The molecule has 2 atom stereocenters. The highest BCUT2D eigenvalue weighted by Crippen LogP contribution is 2.21. The van der Waals surface area contributed by atoms with Crippen LogP contribution in [0.25, 0.3) is 0 Å². The lowest BCUT2D eigenvalue weighted by Crippen LogP contribution is -2.33. The van der Waals surface area contributed by atoms with Gasteiger partial charge in [0.05, 0.1) is 24.8 Å². The normalized spacial score (nSPS) is 17.9. The molecular weight excluding hydrogens is 342 g/mol. The summed E-state index contributed by atoms with van der Waals surface area (Å²) in [6.45, 7) is 0.610. The number of nitrogens with zero attached hydrogens (tertiary/aromatic N) is 1. The van der Waals surface area contributed by atoms with Crippen LogP contribution in [-0.4, -0.2) is 47.7 Å². The minimum absolute atomic E-state index is 0.0223. The second-order valence-corrected chi connectivity index (χ2v) is 6.68. The van der Waals surface area contributed by atoms with Gasteiger partial charge in [-0.1, -0.05) is 24.3 Å². The molecule has 0 aliphatic carbocycles. The van der Waals surface area contributed by atoms with Gasteiger partial charge in [-0.25, -0.2) is 4.79 Å². The van der Waals surface area contributed by atoms with E-state index in [9.17, 15) is 14.7 Å². The molecule has 0 spiro atoms. The highest BCUT2D eigenvalue weighted by Gasteiger charge is 2.28. The number of aliphatic hydroxyl groups excluding tert-OH is 1. The van der Waals surface area contributed by atoms with E-state index < -0.39 is 6.10 Å². The molecule has 1 amide bonds. The first-order valence-corrected chi connectivity index (χ1v) is 9.31. The van der Waals surface area contributed by atoms with Crippen LogP contribution < -0.4 is 0 Å². The molecule has 0 saturated carbocycles. The summed E-state index contributed by atoms with van der Waals surface area (Å²) in [5.41, 5.74) is 1.57. The molecule has 1 aromatic rings. The minimum Gasteiger partial charge on any atom is -0.465 e. The number of terminal acetylenes is 1. The van der Waals surface area contributed by atoms with E-state index >= 15 is 0 Å². The number of amides is 1. The fourth-order valence-corrected chi connectivity index (χ4v) is 3.19. The van der Waals surface area contributed by atoms with Gasteiger partial charge in [0.2, 0.25) is 5.91 Å². The smallest absolute Gasteiger partial charge is 0.337 e. The van der Waals surface area contributed by atoms with Gasteiger partial charge >= 0.3 is 5.97 Å². The van der Waals surface area contributed by atoms with Gasteiger partial charge in [0.1, 0.15) is 0 Å². The number of esters is 1. The maximum Gasteiger partial charge on any atom is 0.337 e. The average molecular weight is 369 g/mol. The van der Waals surface area contributed by atoms with Crippen molar-refractivity contribution in [1.82, 2.24) is 4.90 Å². The molecule has 0 unspecified atom stereocenters. The number of ether oxygens (including phenoxy) is 1. The van der Waals surface area contributed by atoms with E-state index in [1.165, 1.54) is 7.11 Å². The fraction of sp³-hybridized carbons (Fsp3) is 0.455. The largest absolute Gasteiger partial charge is 0.465 e. The molecule has 1 N–H and O–H groups in total. The number of carbonyl (C=O) groups excluding carboxylic acids is 2. The predicted molar refractivity (Wildman–Crippen MR) is 104 cm³/mol. The van der Waals surface area contributed by atoms with Crippen molar-refractivity contribution in [3.63, 3.8) is 0 Å². The van der Waals surface area contributed by atoms with Gasteiger partial charge in [0.25, 0.3) is 0 Å². The molecule has 5 heteroatoms. The third-order valence-electron chi connectivity index (χ3n) is 4.77. The topological polar surface area (TPSA) is 66.8 Å². The third-order valence-corrected chi connectivity index (χ3v) is 4.77. The van der Waals surface area contributed by atoms with E-state index in [4.69, 9.17) is 11.2 Å². The first-order chi connectivity index (χ1) is 13.0. The highest BCUT2D eigenvalue weighted by molar-refractivity contribution is 5.89. The quantitative estimate of drug-likeness (QED) is 0.315. The molecule has 0 bridgehead atoms. The van der Waals surface area contributed by atoms with E-state index in [0.717, 1.165) is 18.4 Å². The number of carbonyl (C=O) groups is 2. The monoisotopic (exact) mass is 369 g/mol. The van der Waals surface area contributed by atoms with E-state index in [1.54, 1.807) is 18.2 Å². The van der Waals surface area contributed by atoms with Crippen LogP contribution >= 0.6 is 0 Å². The Hall–Kier alpha value is -2.58. The first kappa shape index (κ1) is 20.7. The van der Waals surface area contributed by atoms with Gasteiger partial charge in [0.15, 0.2) is 0 Å². The zero-order chi connectivity index (χ0) is 19.6. The molecule has 0 aromatic heterocycles. The molecule has 1 saturated heterocycles. The second kappa shape index (κ2) is 10.5. The predicted octanol–water partition coefficient (Wildman–Crippen LogP) is 2.73. The van der Waals surface area contributed by atoms with Gasteiger partial charge in [-0.05, 0) is 43.4 Å². The summed E-state index contributed by atoms with van der Waals surface area (Å²) in [6.07, 6.45) is 12.5. The zero-order valence-electron chi connectivity index (χ0n) is 15.8. The number of aliphatic hydroxyl groups is 1. The van der Waals surface area contributed by atoms with Crippen molar-refractivity contribution in [2.75, 3.05) is 13.7 Å². The van der Waals surface area contributed by atoms with E-state index in [0.29, 0.717) is 37.8 Å². The number of hydrogen-bond acceptors (Lipinski definition) is 4. The van der Waals surface area contributed by atoms with Crippen molar-refractivity contribution in [2.24, 2.45) is 0 Å². The van der Waals surface area contributed by atoms with Crippen LogP contribution in [0.1, 0.15) is 48.0 Å². The van der Waals surface area contributed by atoms with Crippen LogP contribution in [0.2, 0.25) is 0 Å². The van der Waals surface area contributed by atoms with Gasteiger partial charge in [-0.2, -0.15) is 0 Å². The first-order valence-electron chi connectivity index (χ1n) is 9.31. The summed E-state index contributed by atoms with van der Waals surface area (Å²) >= 11 is 0. The molecule has 1 aromatic carbocycles. The molecule has 27 heavy (non-hydrogen) atoms. The van der Waals surface area contributed by atoms with Crippen LogP contribution in [0.3, 0.4) is 0 Å². The Morgan fingerprint density at radius 1 is 1.44 bits per heavy atom. The number of benzene rings is 1. The molecule has 1 aliphatic rings. The van der Waals surface area contributed by atoms with Crippen molar-refractivity contribution in [3.05, 3.63) is 47.5 Å². The summed E-state index contributed by atoms with van der Waals surface area (Å²) in [5, 5.41) is 9.99. The fourth-order valence-electron chi connectivity index (χ4n) is 3.19. The molecular formula is C22H27NO4. The van der Waals surface area contributed by atoms with E-state index in [-0.39, 0.29) is 17.9 Å². The Labute approximate surface area is 161 Å². The Bertz CT molecular complexity index is 702. The van der Waals surface area contributed by atoms with E-state index in [2.05, 4.69) is 5.92 Å². The SMILES string of the molecule is C#CCCC[C@H](O)C=C[C@H]1CCC(=O)N1CCc1ccc(C(=O)OC)cc1. The maximum absolute atomic E-state index is 12.2. The van der Waals surface area contributed by atoms with Gasteiger partial charge < -0.3 is 14.7 Å². The zero-order valence-corrected chi connectivity index (χ0v) is 15.8. The molecule has 1 heterocycles. The average Bonchev–Trinajstić information content (AvgIpc) is 3.04. The highest BCUT2D eigenvalue weighted by atomic mass is 16.5. The lowest BCUT2D eigenvalue weighted by molar-refractivity contribution is -0.128. The van der Waals surface area contributed by atoms with Crippen LogP contribution in [0.4, 0.5) is 0 Å². The van der Waals surface area contributed by atoms with Crippen molar-refractivity contribution >= 4 is 11.9 Å². The lowest BCUT2D eigenvalue weighted by atomic mass is 10.1. The number of hydrogen-bond donors (Lipinski definition) is 1. The van der Waals surface area contributed by atoms with Crippen molar-refractivity contribution in [3.8, 4) is 12.3 Å². The van der Waals surface area contributed by atoms with E-state index in [1.807, 2.05) is 23.1 Å². The van der Waals surface area contributed by atoms with Crippen LogP contribution in [0, 0.1) is 12.3 Å². The Balaban J connectivity index is 1.88.